The Bertz CT molecular complexity index is 473. The Morgan fingerprint density at radius 3 is 2.78 bits per heavy atom. The molecule has 1 fully saturated rings. The minimum absolute atomic E-state index is 0.0641. The molecular weight excluding hydrogens is 493 g/mol. The Labute approximate surface area is 152 Å². The summed E-state index contributed by atoms with van der Waals surface area (Å²) < 4.78 is 16.9. The molecule has 7 heteroatoms. The Hall–Kier alpha value is -0.708. The van der Waals surface area contributed by atoms with E-state index < -0.39 is 6.09 Å². The third-order valence-corrected chi connectivity index (χ3v) is 4.57. The van der Waals surface area contributed by atoms with E-state index in [0.717, 1.165) is 41.9 Å². The van der Waals surface area contributed by atoms with Crippen LogP contribution in [0.1, 0.15) is 24.8 Å². The molecule has 3 radical (unpaired) electrons. The van der Waals surface area contributed by atoms with Gasteiger partial charge in [0.05, 0.1) is 0 Å². The quantitative estimate of drug-likeness (QED) is 0.249. The standard InChI is InChI=1S/C16H22NO5.Pb/c1-20-9-10-21-15-8-7-14(11-15)17(19)16(18)22-12-13-5-3-2-4-6-13;/h2-6,14-15,19H,1,7-12H2;. The van der Waals surface area contributed by atoms with Gasteiger partial charge in [-0.1, -0.05) is 30.3 Å². The molecule has 1 amide bonds. The van der Waals surface area contributed by atoms with Gasteiger partial charge in [0.15, 0.2) is 0 Å². The van der Waals surface area contributed by atoms with Crippen molar-refractivity contribution < 1.29 is 24.2 Å². The summed E-state index contributed by atoms with van der Waals surface area (Å²) in [6, 6.07) is 9.15. The topological polar surface area (TPSA) is 68.2 Å². The molecule has 0 bridgehead atoms. The van der Waals surface area contributed by atoms with E-state index in [1.807, 2.05) is 30.3 Å². The van der Waals surface area contributed by atoms with Crippen molar-refractivity contribution in [2.24, 2.45) is 0 Å². The number of hydrogen-bond donors (Lipinski definition) is 1. The van der Waals surface area contributed by atoms with Crippen molar-refractivity contribution in [3.8, 4) is 0 Å². The zero-order valence-corrected chi connectivity index (χ0v) is 16.9. The van der Waals surface area contributed by atoms with Gasteiger partial charge in [0, 0.05) is 0 Å². The summed E-state index contributed by atoms with van der Waals surface area (Å²) in [7, 11) is 0. The number of nitrogens with zero attached hydrogens (tertiary/aromatic N) is 1. The molecule has 1 aromatic carbocycles. The van der Waals surface area contributed by atoms with Gasteiger partial charge in [-0.25, -0.2) is 0 Å². The van der Waals surface area contributed by atoms with Crippen molar-refractivity contribution in [3.63, 3.8) is 0 Å². The van der Waals surface area contributed by atoms with Crippen molar-refractivity contribution in [2.45, 2.75) is 38.0 Å². The second kappa shape index (κ2) is 10.2. The predicted octanol–water partition coefficient (Wildman–Crippen LogP) is 2.09. The molecule has 0 heterocycles. The van der Waals surface area contributed by atoms with Crippen molar-refractivity contribution in [1.29, 1.82) is 0 Å². The summed E-state index contributed by atoms with van der Waals surface area (Å²) >= 11 is 1.03. The fourth-order valence-corrected chi connectivity index (χ4v) is 3.13. The molecule has 0 aromatic heterocycles. The maximum atomic E-state index is 11.9. The van der Waals surface area contributed by atoms with Crippen LogP contribution in [0.4, 0.5) is 4.79 Å². The van der Waals surface area contributed by atoms with Gasteiger partial charge in [0.2, 0.25) is 0 Å². The van der Waals surface area contributed by atoms with Gasteiger partial charge < -0.3 is 0 Å². The molecule has 1 aliphatic carbocycles. The van der Waals surface area contributed by atoms with Gasteiger partial charge in [-0.05, 0) is 5.56 Å². The molecule has 1 aromatic rings. The van der Waals surface area contributed by atoms with Crippen LogP contribution in [-0.4, -0.2) is 71.7 Å². The first-order valence-electron chi connectivity index (χ1n) is 7.73. The second-order valence-corrected chi connectivity index (χ2v) is 6.52. The minimum atomic E-state index is -0.709. The predicted molar refractivity (Wildman–Crippen MR) is 84.2 cm³/mol. The molecule has 0 saturated heterocycles. The van der Waals surface area contributed by atoms with E-state index in [1.165, 1.54) is 0 Å². The molecule has 0 aliphatic heterocycles. The first-order chi connectivity index (χ1) is 11.2. The average molecular weight is 516 g/mol. The van der Waals surface area contributed by atoms with Crippen molar-refractivity contribution in [1.82, 2.24) is 5.06 Å². The van der Waals surface area contributed by atoms with Crippen molar-refractivity contribution in [3.05, 3.63) is 35.9 Å². The fourth-order valence-electron chi connectivity index (χ4n) is 2.57. The maximum absolute atomic E-state index is 11.9. The van der Waals surface area contributed by atoms with Crippen molar-refractivity contribution >= 4 is 31.9 Å². The fraction of sp³-hybridized carbons (Fsp3) is 0.562. The van der Waals surface area contributed by atoms with Gasteiger partial charge in [-0.15, -0.1) is 0 Å². The number of carbonyl (C=O) groups is 1. The average Bonchev–Trinajstić information content (AvgIpc) is 3.05. The molecule has 1 aliphatic rings. The first-order valence-corrected chi connectivity index (χ1v) is 10.5. The van der Waals surface area contributed by atoms with E-state index in [-0.39, 0.29) is 18.8 Å². The third-order valence-electron chi connectivity index (χ3n) is 3.78. The number of carbonyl (C=O) groups excluding carboxylic acids is 1. The summed E-state index contributed by atoms with van der Waals surface area (Å²) in [6.07, 6.45) is 1.52. The molecule has 1 N–H and O–H groups in total. The summed E-state index contributed by atoms with van der Waals surface area (Å²) in [5.41, 5.74) is 0.890. The van der Waals surface area contributed by atoms with Crippen LogP contribution in [0.3, 0.4) is 0 Å². The number of rotatable bonds is 8. The van der Waals surface area contributed by atoms with E-state index in [2.05, 4.69) is 0 Å². The number of amides is 1. The first kappa shape index (κ1) is 18.6. The Morgan fingerprint density at radius 1 is 1.26 bits per heavy atom. The SMILES string of the molecule is O=C(OCc1ccccc1)N(O)C1CCC(OCCO[CH2][Pb])C1. The van der Waals surface area contributed by atoms with Crippen LogP contribution in [0, 0.1) is 0 Å². The van der Waals surface area contributed by atoms with Gasteiger partial charge >= 0.3 is 117 Å². The number of hydroxylamine groups is 2. The summed E-state index contributed by atoms with van der Waals surface area (Å²) in [6.45, 7) is 1.32. The van der Waals surface area contributed by atoms with Crippen LogP contribution >= 0.6 is 0 Å². The third kappa shape index (κ3) is 6.36. The Morgan fingerprint density at radius 2 is 2.04 bits per heavy atom. The molecule has 2 atom stereocenters. The number of ether oxygens (including phenoxy) is 3. The van der Waals surface area contributed by atoms with E-state index in [0.29, 0.717) is 31.1 Å². The molecule has 6 nitrogen and oxygen atoms in total. The second-order valence-electron chi connectivity index (χ2n) is 5.40. The Balaban J connectivity index is 1.68. The van der Waals surface area contributed by atoms with Crippen LogP contribution < -0.4 is 0 Å². The van der Waals surface area contributed by atoms with E-state index in [9.17, 15) is 10.0 Å². The molecule has 23 heavy (non-hydrogen) atoms. The molecule has 2 rings (SSSR count). The van der Waals surface area contributed by atoms with Gasteiger partial charge in [-0.3, -0.25) is 0 Å². The van der Waals surface area contributed by atoms with Gasteiger partial charge in [0.1, 0.15) is 0 Å². The zero-order valence-electron chi connectivity index (χ0n) is 13.0. The summed E-state index contributed by atoms with van der Waals surface area (Å²) in [5.74, 6) is 0. The molecular formula is C16H22NO5Pb. The van der Waals surface area contributed by atoms with Gasteiger partial charge in [-0.2, -0.15) is 0 Å². The van der Waals surface area contributed by atoms with Gasteiger partial charge in [0.25, 0.3) is 0 Å². The summed E-state index contributed by atoms with van der Waals surface area (Å²) in [4.78, 5) is 11.9. The van der Waals surface area contributed by atoms with Crippen LogP contribution in [-0.2, 0) is 20.8 Å². The van der Waals surface area contributed by atoms with Crippen molar-refractivity contribution in [2.75, 3.05) is 17.4 Å². The van der Waals surface area contributed by atoms with E-state index in [4.69, 9.17) is 14.2 Å². The summed E-state index contributed by atoms with van der Waals surface area (Å²) in [5, 5.41) is 10.7. The van der Waals surface area contributed by atoms with Crippen LogP contribution in [0.15, 0.2) is 30.3 Å². The van der Waals surface area contributed by atoms with Crippen LogP contribution in [0.2, 0.25) is 0 Å². The number of benzene rings is 1. The molecule has 0 spiro atoms. The zero-order chi connectivity index (χ0) is 16.5. The van der Waals surface area contributed by atoms with Crippen LogP contribution in [0.5, 0.6) is 0 Å². The number of hydrogen-bond acceptors (Lipinski definition) is 5. The van der Waals surface area contributed by atoms with E-state index in [1.54, 1.807) is 0 Å². The van der Waals surface area contributed by atoms with E-state index >= 15 is 0 Å². The normalized spacial score (nSPS) is 20.4. The molecule has 2 unspecified atom stereocenters. The monoisotopic (exact) mass is 516 g/mol. The van der Waals surface area contributed by atoms with Crippen LogP contribution in [0.25, 0.3) is 0 Å². The molecule has 125 valence electrons. The Kier molecular flexibility index (Phi) is 8.28. The molecule has 1 saturated carbocycles.